The molecule has 0 radical (unpaired) electrons. The van der Waals surface area contributed by atoms with Crippen LogP contribution < -0.4 is 16.0 Å². The summed E-state index contributed by atoms with van der Waals surface area (Å²) in [7, 11) is 2.10. The summed E-state index contributed by atoms with van der Waals surface area (Å²) >= 11 is 0. The van der Waals surface area contributed by atoms with Crippen LogP contribution in [0.25, 0.3) is 0 Å². The normalized spacial score (nSPS) is 15.2. The summed E-state index contributed by atoms with van der Waals surface area (Å²) < 4.78 is 5.44. The summed E-state index contributed by atoms with van der Waals surface area (Å²) in [5.74, 6) is -0.846. The molecule has 3 aromatic carbocycles. The van der Waals surface area contributed by atoms with Gasteiger partial charge in [-0.3, -0.25) is 14.5 Å². The van der Waals surface area contributed by atoms with E-state index < -0.39 is 35.1 Å². The molecule has 1 saturated heterocycles. The van der Waals surface area contributed by atoms with E-state index in [0.29, 0.717) is 13.1 Å². The summed E-state index contributed by atoms with van der Waals surface area (Å²) in [6, 6.07) is 28.1. The number of carbonyl (C=O) groups is 3. The second-order valence-corrected chi connectivity index (χ2v) is 12.2. The van der Waals surface area contributed by atoms with Crippen LogP contribution in [-0.2, 0) is 19.9 Å². The Hall–Kier alpha value is -4.21. The zero-order chi connectivity index (χ0) is 31.6. The lowest BCUT2D eigenvalue weighted by Crippen LogP contribution is -2.54. The quantitative estimate of drug-likeness (QED) is 0.290. The summed E-state index contributed by atoms with van der Waals surface area (Å²) in [6.07, 6.45) is -1.04. The summed E-state index contributed by atoms with van der Waals surface area (Å²) in [5.41, 5.74) is 0.768. The molecule has 1 aliphatic heterocycles. The van der Waals surface area contributed by atoms with Gasteiger partial charge in [0.2, 0.25) is 11.8 Å². The van der Waals surface area contributed by atoms with Gasteiger partial charge in [-0.15, -0.1) is 0 Å². The van der Waals surface area contributed by atoms with Gasteiger partial charge in [-0.2, -0.15) is 0 Å². The first-order valence-corrected chi connectivity index (χ1v) is 15.2. The van der Waals surface area contributed by atoms with Crippen molar-refractivity contribution in [3.8, 4) is 0 Å². The maximum absolute atomic E-state index is 14.0. The van der Waals surface area contributed by atoms with E-state index in [1.807, 2.05) is 91.0 Å². The zero-order valence-electron chi connectivity index (χ0n) is 26.2. The summed E-state index contributed by atoms with van der Waals surface area (Å²) in [4.78, 5) is 44.8. The largest absolute Gasteiger partial charge is 0.444 e. The van der Waals surface area contributed by atoms with Crippen molar-refractivity contribution in [2.75, 3.05) is 46.3 Å². The molecular formula is C35H45N5O4. The van der Waals surface area contributed by atoms with Crippen LogP contribution in [0.5, 0.6) is 0 Å². The van der Waals surface area contributed by atoms with E-state index in [9.17, 15) is 14.4 Å². The van der Waals surface area contributed by atoms with Crippen molar-refractivity contribution in [3.63, 3.8) is 0 Å². The van der Waals surface area contributed by atoms with E-state index in [2.05, 4.69) is 32.8 Å². The van der Waals surface area contributed by atoms with Gasteiger partial charge in [-0.1, -0.05) is 91.0 Å². The van der Waals surface area contributed by atoms with Crippen molar-refractivity contribution in [2.24, 2.45) is 0 Å². The van der Waals surface area contributed by atoms with Crippen LogP contribution in [0.1, 0.15) is 43.9 Å². The number of ether oxygens (including phenoxy) is 1. The van der Waals surface area contributed by atoms with E-state index in [4.69, 9.17) is 4.74 Å². The topological polar surface area (TPSA) is 103 Å². The smallest absolute Gasteiger partial charge is 0.408 e. The Bertz CT molecular complexity index is 1260. The van der Waals surface area contributed by atoms with E-state index in [-0.39, 0.29) is 6.42 Å². The molecule has 1 aliphatic rings. The van der Waals surface area contributed by atoms with Crippen LogP contribution in [0.15, 0.2) is 91.0 Å². The molecule has 0 saturated carbocycles. The van der Waals surface area contributed by atoms with Gasteiger partial charge >= 0.3 is 6.09 Å². The molecule has 0 spiro atoms. The molecule has 0 aromatic heterocycles. The molecule has 1 fully saturated rings. The van der Waals surface area contributed by atoms with Crippen molar-refractivity contribution in [2.45, 2.75) is 44.4 Å². The lowest BCUT2D eigenvalue weighted by Gasteiger charge is -2.37. The highest BCUT2D eigenvalue weighted by Gasteiger charge is 2.39. The van der Waals surface area contributed by atoms with Gasteiger partial charge in [0.25, 0.3) is 0 Å². The molecule has 1 heterocycles. The molecule has 3 N–H and O–H groups in total. The number of nitrogens with zero attached hydrogens (tertiary/aromatic N) is 2. The fourth-order valence-corrected chi connectivity index (χ4v) is 5.42. The first-order chi connectivity index (χ1) is 21.1. The Morgan fingerprint density at radius 3 is 1.70 bits per heavy atom. The molecule has 4 rings (SSSR count). The van der Waals surface area contributed by atoms with Gasteiger partial charge in [-0.25, -0.2) is 4.79 Å². The fourth-order valence-electron chi connectivity index (χ4n) is 5.42. The molecule has 9 nitrogen and oxygen atoms in total. The Labute approximate surface area is 261 Å². The first kappa shape index (κ1) is 32.7. The zero-order valence-corrected chi connectivity index (χ0v) is 26.2. The lowest BCUT2D eigenvalue weighted by molar-refractivity contribution is -0.129. The predicted molar refractivity (Wildman–Crippen MR) is 172 cm³/mol. The minimum Gasteiger partial charge on any atom is -0.444 e. The Balaban J connectivity index is 1.58. The number of likely N-dealkylation sites (N-methyl/N-ethyl adjacent to an activating group) is 1. The fraction of sp³-hybridized carbons (Fsp3) is 0.400. The predicted octanol–water partition coefficient (Wildman–Crippen LogP) is 3.74. The SMILES string of the molecule is CN1CCN(CCNC(=O)[C@@H](CC(=O)NC(c2ccccc2)(c2ccccc2)c2ccccc2)NC(=O)OC(C)(C)C)CC1. The first-order valence-electron chi connectivity index (χ1n) is 15.2. The molecule has 0 unspecified atom stereocenters. The average molecular weight is 600 g/mol. The maximum atomic E-state index is 14.0. The highest BCUT2D eigenvalue weighted by Crippen LogP contribution is 2.36. The van der Waals surface area contributed by atoms with Gasteiger partial charge in [0.15, 0.2) is 0 Å². The van der Waals surface area contributed by atoms with Crippen molar-refractivity contribution in [1.82, 2.24) is 25.8 Å². The van der Waals surface area contributed by atoms with Crippen LogP contribution >= 0.6 is 0 Å². The minimum atomic E-state index is -1.14. The monoisotopic (exact) mass is 599 g/mol. The van der Waals surface area contributed by atoms with E-state index in [1.54, 1.807) is 20.8 Å². The molecule has 3 amide bonds. The van der Waals surface area contributed by atoms with Crippen LogP contribution in [0.2, 0.25) is 0 Å². The van der Waals surface area contributed by atoms with Gasteiger partial charge < -0.3 is 25.6 Å². The molecular weight excluding hydrogens is 554 g/mol. The lowest BCUT2D eigenvalue weighted by atomic mass is 9.77. The van der Waals surface area contributed by atoms with Crippen molar-refractivity contribution < 1.29 is 19.1 Å². The number of hydrogen-bond acceptors (Lipinski definition) is 6. The molecule has 0 bridgehead atoms. The Morgan fingerprint density at radius 1 is 0.773 bits per heavy atom. The third-order valence-electron chi connectivity index (χ3n) is 7.67. The van der Waals surface area contributed by atoms with Crippen LogP contribution in [0, 0.1) is 0 Å². The van der Waals surface area contributed by atoms with E-state index in [0.717, 1.165) is 42.9 Å². The highest BCUT2D eigenvalue weighted by atomic mass is 16.6. The van der Waals surface area contributed by atoms with Gasteiger partial charge in [0, 0.05) is 39.3 Å². The number of rotatable bonds is 11. The minimum absolute atomic E-state index is 0.284. The second kappa shape index (κ2) is 15.0. The van der Waals surface area contributed by atoms with Crippen molar-refractivity contribution in [1.29, 1.82) is 0 Å². The molecule has 9 heteroatoms. The summed E-state index contributed by atoms with van der Waals surface area (Å²) in [6.45, 7) is 10.1. The number of benzene rings is 3. The van der Waals surface area contributed by atoms with Crippen LogP contribution in [0.3, 0.4) is 0 Å². The van der Waals surface area contributed by atoms with E-state index >= 15 is 0 Å². The molecule has 1 atom stereocenters. The number of carbonyl (C=O) groups excluding carboxylic acids is 3. The Morgan fingerprint density at radius 2 is 1.25 bits per heavy atom. The van der Waals surface area contributed by atoms with E-state index in [1.165, 1.54) is 0 Å². The molecule has 44 heavy (non-hydrogen) atoms. The number of alkyl carbamates (subject to hydrolysis) is 1. The van der Waals surface area contributed by atoms with Crippen molar-refractivity contribution >= 4 is 17.9 Å². The third kappa shape index (κ3) is 8.90. The molecule has 0 aliphatic carbocycles. The molecule has 3 aromatic rings. The highest BCUT2D eigenvalue weighted by molar-refractivity contribution is 5.91. The number of nitrogens with one attached hydrogen (secondary N) is 3. The standard InChI is InChI=1S/C35H45N5O4/c1-34(2,3)44-33(43)37-30(32(42)36-20-21-40-24-22-39(4)23-25-40)26-31(41)38-35(27-14-8-5-9-15-27,28-16-10-6-11-17-28)29-18-12-7-13-19-29/h5-19,30H,20-26H2,1-4H3,(H,36,42)(H,37,43)(H,38,41)/t30-/m1/s1. The second-order valence-electron chi connectivity index (χ2n) is 12.2. The number of hydrogen-bond donors (Lipinski definition) is 3. The third-order valence-corrected chi connectivity index (χ3v) is 7.67. The van der Waals surface area contributed by atoms with Crippen molar-refractivity contribution in [3.05, 3.63) is 108 Å². The average Bonchev–Trinajstić information content (AvgIpc) is 3.01. The number of piperazine rings is 1. The van der Waals surface area contributed by atoms with Crippen LogP contribution in [0.4, 0.5) is 4.79 Å². The Kier molecular flexibility index (Phi) is 11.1. The van der Waals surface area contributed by atoms with Gasteiger partial charge in [0.1, 0.15) is 17.2 Å². The van der Waals surface area contributed by atoms with Gasteiger partial charge in [-0.05, 0) is 44.5 Å². The molecule has 234 valence electrons. The van der Waals surface area contributed by atoms with Crippen LogP contribution in [-0.4, -0.2) is 85.7 Å². The maximum Gasteiger partial charge on any atom is 0.408 e. The van der Waals surface area contributed by atoms with Gasteiger partial charge in [0.05, 0.1) is 6.42 Å². The number of amides is 3. The summed E-state index contributed by atoms with van der Waals surface area (Å²) in [5, 5.41) is 8.85.